The van der Waals surface area contributed by atoms with Gasteiger partial charge in [-0.25, -0.2) is 8.42 Å². The van der Waals surface area contributed by atoms with Crippen LogP contribution in [0.3, 0.4) is 0 Å². The van der Waals surface area contributed by atoms with Gasteiger partial charge in [0.15, 0.2) is 0 Å². The first-order valence-corrected chi connectivity index (χ1v) is 13.3. The average molecular weight is 474 g/mol. The van der Waals surface area contributed by atoms with Gasteiger partial charge in [-0.3, -0.25) is 14.4 Å². The number of carbonyl (C=O) groups excluding carboxylic acids is 1. The van der Waals surface area contributed by atoms with Crippen LogP contribution in [0.1, 0.15) is 48.5 Å². The van der Waals surface area contributed by atoms with Crippen LogP contribution in [0.4, 0.5) is 5.69 Å². The van der Waals surface area contributed by atoms with Gasteiger partial charge >= 0.3 is 0 Å². The number of nitrogens with zero attached hydrogens (tertiary/aromatic N) is 1. The molecule has 0 atom stereocenters. The third kappa shape index (κ3) is 8.14. The third-order valence-corrected chi connectivity index (χ3v) is 7.10. The maximum Gasteiger partial charge on any atom is 0.261 e. The van der Waals surface area contributed by atoms with E-state index in [-0.39, 0.29) is 10.8 Å². The van der Waals surface area contributed by atoms with Crippen molar-refractivity contribution in [1.29, 1.82) is 0 Å². The van der Waals surface area contributed by atoms with E-state index in [0.717, 1.165) is 65.0 Å². The quantitative estimate of drug-likeness (QED) is 0.459. The molecule has 0 unspecified atom stereocenters. The highest BCUT2D eigenvalue weighted by Gasteiger charge is 2.17. The number of amides is 1. The molecule has 33 heavy (non-hydrogen) atoms. The van der Waals surface area contributed by atoms with Crippen molar-refractivity contribution in [2.24, 2.45) is 0 Å². The Morgan fingerprint density at radius 3 is 2.52 bits per heavy atom. The number of ether oxygens (including phenoxy) is 1. The Hall–Kier alpha value is -2.42. The van der Waals surface area contributed by atoms with E-state index in [1.165, 1.54) is 17.7 Å². The maximum absolute atomic E-state index is 12.8. The SMILES string of the molecule is CCCCc1ccc(NS(=O)(=O)c2cccc(C(=O)NCCCCN3CCOCC3)c2)cc1. The van der Waals surface area contributed by atoms with Crippen molar-refractivity contribution in [2.75, 3.05) is 44.1 Å². The highest BCUT2D eigenvalue weighted by atomic mass is 32.2. The number of sulfonamides is 1. The number of carbonyl (C=O) groups is 1. The van der Waals surface area contributed by atoms with Crippen molar-refractivity contribution in [1.82, 2.24) is 10.2 Å². The lowest BCUT2D eigenvalue weighted by atomic mass is 10.1. The van der Waals surface area contributed by atoms with E-state index in [9.17, 15) is 13.2 Å². The molecular formula is C25H35N3O4S. The zero-order valence-electron chi connectivity index (χ0n) is 19.4. The summed E-state index contributed by atoms with van der Waals surface area (Å²) in [7, 11) is -3.79. The molecule has 2 aromatic carbocycles. The minimum absolute atomic E-state index is 0.0672. The number of anilines is 1. The Balaban J connectivity index is 1.50. The normalized spacial score (nSPS) is 14.7. The Labute approximate surface area is 197 Å². The minimum Gasteiger partial charge on any atom is -0.379 e. The van der Waals surface area contributed by atoms with Gasteiger partial charge in [-0.2, -0.15) is 0 Å². The van der Waals surface area contributed by atoms with Crippen molar-refractivity contribution in [2.45, 2.75) is 43.9 Å². The van der Waals surface area contributed by atoms with Gasteiger partial charge in [-0.15, -0.1) is 0 Å². The lowest BCUT2D eigenvalue weighted by Crippen LogP contribution is -2.37. The summed E-state index contributed by atoms with van der Waals surface area (Å²) in [4.78, 5) is 15.0. The molecule has 180 valence electrons. The predicted octanol–water partition coefficient (Wildman–Crippen LogP) is 3.67. The number of nitrogens with one attached hydrogen (secondary N) is 2. The van der Waals surface area contributed by atoms with Crippen LogP contribution in [0.5, 0.6) is 0 Å². The summed E-state index contributed by atoms with van der Waals surface area (Å²) >= 11 is 0. The first-order valence-electron chi connectivity index (χ1n) is 11.8. The topological polar surface area (TPSA) is 87.7 Å². The molecule has 0 saturated carbocycles. The van der Waals surface area contributed by atoms with Crippen LogP contribution in [-0.2, 0) is 21.2 Å². The van der Waals surface area contributed by atoms with E-state index in [2.05, 4.69) is 21.9 Å². The molecule has 1 fully saturated rings. The largest absolute Gasteiger partial charge is 0.379 e. The zero-order chi connectivity index (χ0) is 23.5. The number of rotatable bonds is 12. The predicted molar refractivity (Wildman–Crippen MR) is 131 cm³/mol. The summed E-state index contributed by atoms with van der Waals surface area (Å²) in [6.07, 6.45) is 5.07. The zero-order valence-corrected chi connectivity index (χ0v) is 20.2. The second-order valence-electron chi connectivity index (χ2n) is 8.35. The summed E-state index contributed by atoms with van der Waals surface area (Å²) in [5, 5.41) is 2.89. The van der Waals surface area contributed by atoms with E-state index in [0.29, 0.717) is 17.8 Å². The van der Waals surface area contributed by atoms with Crippen LogP contribution in [0, 0.1) is 0 Å². The van der Waals surface area contributed by atoms with Crippen LogP contribution >= 0.6 is 0 Å². The molecule has 2 aromatic rings. The second kappa shape index (κ2) is 12.7. The molecule has 8 heteroatoms. The highest BCUT2D eigenvalue weighted by molar-refractivity contribution is 7.92. The molecular weight excluding hydrogens is 438 g/mol. The van der Waals surface area contributed by atoms with Gasteiger partial charge in [0, 0.05) is 30.9 Å². The van der Waals surface area contributed by atoms with Gasteiger partial charge in [0.2, 0.25) is 0 Å². The number of hydrogen-bond donors (Lipinski definition) is 2. The smallest absolute Gasteiger partial charge is 0.261 e. The molecule has 1 amide bonds. The third-order valence-electron chi connectivity index (χ3n) is 5.72. The van der Waals surface area contributed by atoms with E-state index < -0.39 is 10.0 Å². The molecule has 7 nitrogen and oxygen atoms in total. The minimum atomic E-state index is -3.79. The Kier molecular flexibility index (Phi) is 9.72. The summed E-state index contributed by atoms with van der Waals surface area (Å²) < 4.78 is 33.6. The van der Waals surface area contributed by atoms with Crippen LogP contribution in [0.15, 0.2) is 53.4 Å². The molecule has 0 radical (unpaired) electrons. The lowest BCUT2D eigenvalue weighted by molar-refractivity contribution is 0.0372. The summed E-state index contributed by atoms with van der Waals surface area (Å²) in [5.74, 6) is -0.265. The van der Waals surface area contributed by atoms with Crippen LogP contribution in [0.2, 0.25) is 0 Å². The fourth-order valence-electron chi connectivity index (χ4n) is 3.73. The lowest BCUT2D eigenvalue weighted by Gasteiger charge is -2.26. The van der Waals surface area contributed by atoms with E-state index >= 15 is 0 Å². The molecule has 0 bridgehead atoms. The molecule has 1 aliphatic heterocycles. The van der Waals surface area contributed by atoms with Gasteiger partial charge in [-0.05, 0) is 68.1 Å². The van der Waals surface area contributed by atoms with Crippen LogP contribution < -0.4 is 10.0 Å². The molecule has 1 heterocycles. The summed E-state index contributed by atoms with van der Waals surface area (Å²) in [6, 6.07) is 13.6. The Morgan fingerprint density at radius 1 is 1.03 bits per heavy atom. The van der Waals surface area contributed by atoms with Gasteiger partial charge < -0.3 is 10.1 Å². The van der Waals surface area contributed by atoms with E-state index in [4.69, 9.17) is 4.74 Å². The highest BCUT2D eigenvalue weighted by Crippen LogP contribution is 2.18. The fourth-order valence-corrected chi connectivity index (χ4v) is 4.83. The van der Waals surface area contributed by atoms with Crippen LogP contribution in [0.25, 0.3) is 0 Å². The number of aryl methyl sites for hydroxylation is 1. The van der Waals surface area contributed by atoms with Crippen molar-refractivity contribution >= 4 is 21.6 Å². The first kappa shape index (κ1) is 25.2. The molecule has 3 rings (SSSR count). The van der Waals surface area contributed by atoms with Gasteiger partial charge in [0.1, 0.15) is 0 Å². The molecule has 1 saturated heterocycles. The number of hydrogen-bond acceptors (Lipinski definition) is 5. The summed E-state index contributed by atoms with van der Waals surface area (Å²) in [5.41, 5.74) is 2.02. The van der Waals surface area contributed by atoms with Crippen molar-refractivity contribution in [3.05, 3.63) is 59.7 Å². The van der Waals surface area contributed by atoms with Crippen LogP contribution in [-0.4, -0.2) is 58.6 Å². The fraction of sp³-hybridized carbons (Fsp3) is 0.480. The van der Waals surface area contributed by atoms with Gasteiger partial charge in [-0.1, -0.05) is 31.5 Å². The standard InChI is InChI=1S/C25H35N3O4S/c1-2-3-7-21-10-12-23(13-11-21)27-33(30,31)24-9-6-8-22(20-24)25(29)26-14-4-5-15-28-16-18-32-19-17-28/h6,8-13,20,27H,2-5,7,14-19H2,1H3,(H,26,29). The average Bonchev–Trinajstić information content (AvgIpc) is 2.84. The van der Waals surface area contributed by atoms with E-state index in [1.54, 1.807) is 24.3 Å². The second-order valence-corrected chi connectivity index (χ2v) is 10.0. The number of morpholine rings is 1. The number of benzene rings is 2. The maximum atomic E-state index is 12.8. The number of unbranched alkanes of at least 4 members (excludes halogenated alkanes) is 2. The Bertz CT molecular complexity index is 987. The molecule has 1 aliphatic rings. The summed E-state index contributed by atoms with van der Waals surface area (Å²) in [6.45, 7) is 7.20. The molecule has 0 aliphatic carbocycles. The Morgan fingerprint density at radius 2 is 1.79 bits per heavy atom. The first-order chi connectivity index (χ1) is 16.0. The molecule has 2 N–H and O–H groups in total. The monoisotopic (exact) mass is 473 g/mol. The van der Waals surface area contributed by atoms with Crippen molar-refractivity contribution in [3.63, 3.8) is 0 Å². The van der Waals surface area contributed by atoms with E-state index in [1.807, 2.05) is 12.1 Å². The van der Waals surface area contributed by atoms with Gasteiger partial charge in [0.25, 0.3) is 15.9 Å². The van der Waals surface area contributed by atoms with Crippen molar-refractivity contribution < 1.29 is 17.9 Å². The molecule has 0 aromatic heterocycles. The van der Waals surface area contributed by atoms with Gasteiger partial charge in [0.05, 0.1) is 18.1 Å². The van der Waals surface area contributed by atoms with Crippen molar-refractivity contribution in [3.8, 4) is 0 Å². The molecule has 0 spiro atoms.